The number of benzene rings is 2. The zero-order chi connectivity index (χ0) is 18.6. The molecule has 1 aliphatic carbocycles. The third-order valence-electron chi connectivity index (χ3n) is 4.46. The number of amides is 1. The van der Waals surface area contributed by atoms with Crippen LogP contribution >= 0.6 is 11.8 Å². The van der Waals surface area contributed by atoms with E-state index < -0.39 is 0 Å². The average Bonchev–Trinajstić information content (AvgIpc) is 3.43. The van der Waals surface area contributed by atoms with Crippen molar-refractivity contribution in [3.8, 4) is 11.1 Å². The summed E-state index contributed by atoms with van der Waals surface area (Å²) in [5, 5.41) is 15.4. The highest BCUT2D eigenvalue weighted by Crippen LogP contribution is 2.36. The van der Waals surface area contributed by atoms with Crippen LogP contribution in [0.5, 0.6) is 0 Å². The van der Waals surface area contributed by atoms with E-state index >= 15 is 0 Å². The van der Waals surface area contributed by atoms with Gasteiger partial charge in [-0.2, -0.15) is 0 Å². The Morgan fingerprint density at radius 3 is 2.74 bits per heavy atom. The number of nitrogens with zero attached hydrogens (tertiary/aromatic N) is 4. The molecule has 0 saturated heterocycles. The molecule has 0 unspecified atom stereocenters. The SMILES string of the molecule is Cc1cccc(-c2cccc(CNC(=O)CSc3nnnn3C3CC3)c2)c1. The van der Waals surface area contributed by atoms with Crippen molar-refractivity contribution in [3.63, 3.8) is 0 Å². The highest BCUT2D eigenvalue weighted by Gasteiger charge is 2.28. The molecule has 1 fully saturated rings. The van der Waals surface area contributed by atoms with Crippen LogP contribution in [0.15, 0.2) is 53.7 Å². The van der Waals surface area contributed by atoms with Crippen LogP contribution < -0.4 is 5.32 Å². The first-order chi connectivity index (χ1) is 13.2. The first-order valence-corrected chi connectivity index (χ1v) is 10.0. The van der Waals surface area contributed by atoms with E-state index in [1.54, 1.807) is 0 Å². The van der Waals surface area contributed by atoms with E-state index in [-0.39, 0.29) is 5.91 Å². The molecule has 3 aromatic rings. The number of aromatic nitrogens is 4. The fourth-order valence-corrected chi connectivity index (χ4v) is 3.67. The Labute approximate surface area is 162 Å². The van der Waals surface area contributed by atoms with Crippen LogP contribution in [0.2, 0.25) is 0 Å². The van der Waals surface area contributed by atoms with Crippen LogP contribution in [0.25, 0.3) is 11.1 Å². The summed E-state index contributed by atoms with van der Waals surface area (Å²) in [6, 6.07) is 17.1. The molecule has 0 atom stereocenters. The van der Waals surface area contributed by atoms with Crippen LogP contribution in [0.3, 0.4) is 0 Å². The third kappa shape index (κ3) is 4.54. The number of nitrogens with one attached hydrogen (secondary N) is 1. The molecular formula is C20H21N5OS. The van der Waals surface area contributed by atoms with Crippen LogP contribution in [0.4, 0.5) is 0 Å². The minimum Gasteiger partial charge on any atom is -0.351 e. The van der Waals surface area contributed by atoms with Gasteiger partial charge in [0, 0.05) is 6.54 Å². The maximum Gasteiger partial charge on any atom is 0.230 e. The molecule has 138 valence electrons. The molecule has 1 N–H and O–H groups in total. The van der Waals surface area contributed by atoms with Gasteiger partial charge in [-0.25, -0.2) is 4.68 Å². The molecule has 1 aromatic heterocycles. The van der Waals surface area contributed by atoms with E-state index in [1.165, 1.54) is 22.9 Å². The predicted octanol–water partition coefficient (Wildman–Crippen LogP) is 3.39. The van der Waals surface area contributed by atoms with Gasteiger partial charge < -0.3 is 5.32 Å². The first kappa shape index (κ1) is 17.7. The van der Waals surface area contributed by atoms with Gasteiger partial charge in [0.05, 0.1) is 11.8 Å². The largest absolute Gasteiger partial charge is 0.351 e. The van der Waals surface area contributed by atoms with Crippen LogP contribution in [0.1, 0.15) is 30.0 Å². The van der Waals surface area contributed by atoms with Gasteiger partial charge in [0.15, 0.2) is 0 Å². The van der Waals surface area contributed by atoms with E-state index in [9.17, 15) is 4.79 Å². The lowest BCUT2D eigenvalue weighted by Gasteiger charge is -2.08. The van der Waals surface area contributed by atoms with Gasteiger partial charge in [0.25, 0.3) is 0 Å². The molecule has 0 aliphatic heterocycles. The summed E-state index contributed by atoms with van der Waals surface area (Å²) in [6.45, 7) is 2.59. The second-order valence-electron chi connectivity index (χ2n) is 6.77. The fourth-order valence-electron chi connectivity index (χ4n) is 2.90. The van der Waals surface area contributed by atoms with E-state index in [1.807, 2.05) is 16.8 Å². The smallest absolute Gasteiger partial charge is 0.230 e. The molecule has 6 nitrogen and oxygen atoms in total. The molecule has 4 rings (SSSR count). The number of carbonyl (C=O) groups is 1. The second kappa shape index (κ2) is 7.92. The molecule has 1 aliphatic rings. The minimum absolute atomic E-state index is 0.0219. The summed E-state index contributed by atoms with van der Waals surface area (Å²) in [5.41, 5.74) is 4.65. The number of rotatable bonds is 7. The minimum atomic E-state index is -0.0219. The zero-order valence-electron chi connectivity index (χ0n) is 15.1. The van der Waals surface area contributed by atoms with Crippen molar-refractivity contribution in [1.29, 1.82) is 0 Å². The van der Waals surface area contributed by atoms with Gasteiger partial charge in [0.2, 0.25) is 11.1 Å². The van der Waals surface area contributed by atoms with Crippen molar-refractivity contribution in [1.82, 2.24) is 25.5 Å². The standard InChI is InChI=1S/C20H21N5OS/c1-14-4-2-6-16(10-14)17-7-3-5-15(11-17)12-21-19(26)13-27-20-22-23-24-25(20)18-8-9-18/h2-7,10-11,18H,8-9,12-13H2,1H3,(H,21,26). The van der Waals surface area contributed by atoms with Crippen molar-refractivity contribution in [2.24, 2.45) is 0 Å². The Bertz CT molecular complexity index is 951. The van der Waals surface area contributed by atoms with Crippen molar-refractivity contribution >= 4 is 17.7 Å². The maximum absolute atomic E-state index is 12.2. The van der Waals surface area contributed by atoms with E-state index in [2.05, 4.69) is 64.2 Å². The fraction of sp³-hybridized carbons (Fsp3) is 0.300. The molecule has 0 radical (unpaired) electrons. The van der Waals surface area contributed by atoms with Crippen molar-refractivity contribution in [3.05, 3.63) is 59.7 Å². The molecule has 0 bridgehead atoms. The third-order valence-corrected chi connectivity index (χ3v) is 5.39. The lowest BCUT2D eigenvalue weighted by molar-refractivity contribution is -0.118. The molecule has 7 heteroatoms. The Morgan fingerprint density at radius 2 is 1.96 bits per heavy atom. The Hall–Kier alpha value is -2.67. The average molecular weight is 379 g/mol. The van der Waals surface area contributed by atoms with E-state index in [0.29, 0.717) is 23.5 Å². The summed E-state index contributed by atoms with van der Waals surface area (Å²) in [7, 11) is 0. The molecule has 1 amide bonds. The van der Waals surface area contributed by atoms with E-state index in [4.69, 9.17) is 0 Å². The zero-order valence-corrected chi connectivity index (χ0v) is 15.9. The van der Waals surface area contributed by atoms with Gasteiger partial charge >= 0.3 is 0 Å². The van der Waals surface area contributed by atoms with Crippen molar-refractivity contribution in [2.45, 2.75) is 37.5 Å². The monoisotopic (exact) mass is 379 g/mol. The van der Waals surface area contributed by atoms with Crippen molar-refractivity contribution < 1.29 is 4.79 Å². The normalized spacial score (nSPS) is 13.5. The second-order valence-corrected chi connectivity index (χ2v) is 7.71. The highest BCUT2D eigenvalue weighted by atomic mass is 32.2. The number of tetrazole rings is 1. The number of hydrogen-bond donors (Lipinski definition) is 1. The molecular weight excluding hydrogens is 358 g/mol. The maximum atomic E-state index is 12.2. The lowest BCUT2D eigenvalue weighted by atomic mass is 10.0. The molecule has 2 aromatic carbocycles. The summed E-state index contributed by atoms with van der Waals surface area (Å²) in [5.74, 6) is 0.288. The van der Waals surface area contributed by atoms with Crippen LogP contribution in [-0.4, -0.2) is 31.9 Å². The van der Waals surface area contributed by atoms with Gasteiger partial charge in [0.1, 0.15) is 0 Å². The summed E-state index contributed by atoms with van der Waals surface area (Å²) >= 11 is 1.38. The quantitative estimate of drug-likeness (QED) is 0.637. The van der Waals surface area contributed by atoms with Gasteiger partial charge in [-0.05, 0) is 52.9 Å². The lowest BCUT2D eigenvalue weighted by Crippen LogP contribution is -2.24. The van der Waals surface area contributed by atoms with Gasteiger partial charge in [-0.3, -0.25) is 4.79 Å². The molecule has 1 saturated carbocycles. The number of thioether (sulfide) groups is 1. The first-order valence-electron chi connectivity index (χ1n) is 9.02. The number of aryl methyl sites for hydroxylation is 1. The Balaban J connectivity index is 1.32. The molecule has 0 spiro atoms. The van der Waals surface area contributed by atoms with E-state index in [0.717, 1.165) is 24.0 Å². The number of hydrogen-bond acceptors (Lipinski definition) is 5. The summed E-state index contributed by atoms with van der Waals surface area (Å²) in [6.07, 6.45) is 2.23. The Morgan fingerprint density at radius 1 is 1.19 bits per heavy atom. The Kier molecular flexibility index (Phi) is 5.20. The molecule has 1 heterocycles. The van der Waals surface area contributed by atoms with Crippen LogP contribution in [-0.2, 0) is 11.3 Å². The van der Waals surface area contributed by atoms with Gasteiger partial charge in [-0.1, -0.05) is 59.8 Å². The predicted molar refractivity (Wildman–Crippen MR) is 105 cm³/mol. The summed E-state index contributed by atoms with van der Waals surface area (Å²) < 4.78 is 1.82. The van der Waals surface area contributed by atoms with Crippen LogP contribution in [0, 0.1) is 6.92 Å². The number of carbonyl (C=O) groups excluding carboxylic acids is 1. The molecule has 27 heavy (non-hydrogen) atoms. The van der Waals surface area contributed by atoms with Gasteiger partial charge in [-0.15, -0.1) is 5.10 Å². The van der Waals surface area contributed by atoms with Crippen molar-refractivity contribution in [2.75, 3.05) is 5.75 Å². The summed E-state index contributed by atoms with van der Waals surface area (Å²) in [4.78, 5) is 12.2. The highest BCUT2D eigenvalue weighted by molar-refractivity contribution is 7.99. The topological polar surface area (TPSA) is 72.7 Å².